The van der Waals surface area contributed by atoms with E-state index in [2.05, 4.69) is 10.3 Å². The number of rotatable bonds is 3. The zero-order valence-electron chi connectivity index (χ0n) is 13.7. The van der Waals surface area contributed by atoms with Crippen molar-refractivity contribution in [3.63, 3.8) is 0 Å². The van der Waals surface area contributed by atoms with Gasteiger partial charge in [-0.25, -0.2) is 9.37 Å². The van der Waals surface area contributed by atoms with Crippen LogP contribution in [-0.2, 0) is 0 Å². The summed E-state index contributed by atoms with van der Waals surface area (Å²) in [6.45, 7) is 1.85. The molecule has 0 atom stereocenters. The van der Waals surface area contributed by atoms with Gasteiger partial charge in [0, 0.05) is 27.9 Å². The first kappa shape index (κ1) is 16.8. The normalized spacial score (nSPS) is 11.0. The number of carbonyl (C=O) groups excluding carboxylic acids is 1. The van der Waals surface area contributed by atoms with Crippen molar-refractivity contribution < 1.29 is 9.18 Å². The molecule has 4 rings (SSSR count). The van der Waals surface area contributed by atoms with E-state index in [9.17, 15) is 9.18 Å². The van der Waals surface area contributed by atoms with Crippen molar-refractivity contribution in [1.29, 1.82) is 0 Å². The van der Waals surface area contributed by atoms with Gasteiger partial charge in [-0.3, -0.25) is 9.20 Å². The van der Waals surface area contributed by atoms with Crippen LogP contribution >= 0.6 is 22.9 Å². The van der Waals surface area contributed by atoms with Crippen molar-refractivity contribution in [2.45, 2.75) is 6.92 Å². The van der Waals surface area contributed by atoms with Gasteiger partial charge in [-0.05, 0) is 48.9 Å². The van der Waals surface area contributed by atoms with Gasteiger partial charge in [0.05, 0.1) is 5.69 Å². The van der Waals surface area contributed by atoms with E-state index in [4.69, 9.17) is 11.6 Å². The van der Waals surface area contributed by atoms with E-state index in [-0.39, 0.29) is 11.7 Å². The van der Waals surface area contributed by atoms with Crippen LogP contribution in [0.25, 0.3) is 16.2 Å². The third kappa shape index (κ3) is 2.98. The zero-order chi connectivity index (χ0) is 18.3. The topological polar surface area (TPSA) is 46.4 Å². The Kier molecular flexibility index (Phi) is 4.22. The van der Waals surface area contributed by atoms with Crippen LogP contribution in [0, 0.1) is 12.7 Å². The number of aromatic nitrogens is 2. The number of fused-ring (bicyclic) bond motifs is 1. The number of amides is 1. The molecule has 4 aromatic rings. The Morgan fingerprint density at radius 1 is 1.23 bits per heavy atom. The van der Waals surface area contributed by atoms with Crippen molar-refractivity contribution in [3.05, 3.63) is 76.1 Å². The smallest absolute Gasteiger partial charge is 0.273 e. The molecule has 0 saturated heterocycles. The number of anilines is 1. The van der Waals surface area contributed by atoms with E-state index < -0.39 is 0 Å². The molecule has 2 aromatic carbocycles. The van der Waals surface area contributed by atoms with Crippen molar-refractivity contribution in [2.24, 2.45) is 0 Å². The molecule has 0 spiro atoms. The van der Waals surface area contributed by atoms with Crippen LogP contribution in [-0.4, -0.2) is 15.3 Å². The van der Waals surface area contributed by atoms with Gasteiger partial charge < -0.3 is 5.32 Å². The molecule has 2 heterocycles. The number of carbonyl (C=O) groups is 1. The van der Waals surface area contributed by atoms with Crippen molar-refractivity contribution in [1.82, 2.24) is 9.38 Å². The number of hydrogen-bond donors (Lipinski definition) is 1. The predicted octanol–water partition coefficient (Wildman–Crippen LogP) is 5.42. The zero-order valence-corrected chi connectivity index (χ0v) is 15.2. The molecule has 0 unspecified atom stereocenters. The standard InChI is InChI=1S/C19H13ClFN3OS/c1-11-14(20)3-2-4-15(11)22-18(25)17-10-26-19-23-16(9-24(17)19)12-5-7-13(21)8-6-12/h2-10H,1H3,(H,22,25). The molecule has 130 valence electrons. The van der Waals surface area contributed by atoms with Crippen molar-refractivity contribution >= 4 is 39.5 Å². The van der Waals surface area contributed by atoms with Crippen LogP contribution in [0.5, 0.6) is 0 Å². The quantitative estimate of drug-likeness (QED) is 0.512. The number of nitrogens with zero attached hydrogens (tertiary/aromatic N) is 2. The number of hydrogen-bond acceptors (Lipinski definition) is 3. The van der Waals surface area contributed by atoms with Crippen LogP contribution < -0.4 is 5.32 Å². The molecule has 0 aliphatic heterocycles. The SMILES string of the molecule is Cc1c(Cl)cccc1NC(=O)c1csc2nc(-c3ccc(F)cc3)cn12. The van der Waals surface area contributed by atoms with Crippen LogP contribution in [0.1, 0.15) is 16.1 Å². The summed E-state index contributed by atoms with van der Waals surface area (Å²) in [5.41, 5.74) is 3.43. The first-order chi connectivity index (χ1) is 12.5. The summed E-state index contributed by atoms with van der Waals surface area (Å²) >= 11 is 7.48. The number of halogens is 2. The number of benzene rings is 2. The molecule has 1 N–H and O–H groups in total. The van der Waals surface area contributed by atoms with Gasteiger partial charge in [-0.15, -0.1) is 11.3 Å². The second kappa shape index (κ2) is 6.55. The first-order valence-electron chi connectivity index (χ1n) is 7.82. The molecule has 2 aromatic heterocycles. The monoisotopic (exact) mass is 385 g/mol. The average molecular weight is 386 g/mol. The van der Waals surface area contributed by atoms with Crippen molar-refractivity contribution in [3.8, 4) is 11.3 Å². The van der Waals surface area contributed by atoms with Crippen LogP contribution in [0.3, 0.4) is 0 Å². The van der Waals surface area contributed by atoms with Gasteiger partial charge in [0.25, 0.3) is 5.91 Å². The molecule has 26 heavy (non-hydrogen) atoms. The molecule has 0 aliphatic rings. The fraction of sp³-hybridized carbons (Fsp3) is 0.0526. The minimum Gasteiger partial charge on any atom is -0.320 e. The fourth-order valence-corrected chi connectivity index (χ4v) is 3.66. The van der Waals surface area contributed by atoms with E-state index in [1.165, 1.54) is 23.5 Å². The van der Waals surface area contributed by atoms with E-state index >= 15 is 0 Å². The molecule has 7 heteroatoms. The molecule has 0 fully saturated rings. The maximum Gasteiger partial charge on any atom is 0.273 e. The van der Waals surface area contributed by atoms with Gasteiger partial charge in [0.15, 0.2) is 4.96 Å². The molecule has 0 aliphatic carbocycles. The molecule has 4 nitrogen and oxygen atoms in total. The van der Waals surface area contributed by atoms with Gasteiger partial charge in [-0.2, -0.15) is 0 Å². The van der Waals surface area contributed by atoms with E-state index in [0.717, 1.165) is 11.1 Å². The van der Waals surface area contributed by atoms with E-state index in [1.54, 1.807) is 46.3 Å². The van der Waals surface area contributed by atoms with Crippen LogP contribution in [0.15, 0.2) is 54.0 Å². The summed E-state index contributed by atoms with van der Waals surface area (Å²) < 4.78 is 14.8. The summed E-state index contributed by atoms with van der Waals surface area (Å²) in [5.74, 6) is -0.545. The molecule has 0 saturated carbocycles. The summed E-state index contributed by atoms with van der Waals surface area (Å²) in [7, 11) is 0. The summed E-state index contributed by atoms with van der Waals surface area (Å²) in [4.78, 5) is 17.9. The Bertz CT molecular complexity index is 1120. The molecular weight excluding hydrogens is 373 g/mol. The number of nitrogens with one attached hydrogen (secondary N) is 1. The maximum absolute atomic E-state index is 13.1. The van der Waals surface area contributed by atoms with Gasteiger partial charge in [0.2, 0.25) is 0 Å². The Hall–Kier alpha value is -2.70. The van der Waals surface area contributed by atoms with E-state index in [1.807, 2.05) is 6.92 Å². The Labute approximate surface area is 157 Å². The van der Waals surface area contributed by atoms with Crippen LogP contribution in [0.2, 0.25) is 5.02 Å². The first-order valence-corrected chi connectivity index (χ1v) is 9.07. The molecular formula is C19H13ClFN3OS. The van der Waals surface area contributed by atoms with E-state index in [0.29, 0.717) is 27.1 Å². The number of thiazole rings is 1. The lowest BCUT2D eigenvalue weighted by Crippen LogP contribution is -2.14. The third-order valence-corrected chi connectivity index (χ3v) is 5.35. The summed E-state index contributed by atoms with van der Waals surface area (Å²) in [5, 5.41) is 5.24. The van der Waals surface area contributed by atoms with Gasteiger partial charge in [-0.1, -0.05) is 17.7 Å². The minimum absolute atomic E-state index is 0.246. The maximum atomic E-state index is 13.1. The second-order valence-corrected chi connectivity index (χ2v) is 7.02. The summed E-state index contributed by atoms with van der Waals surface area (Å²) in [6, 6.07) is 11.5. The van der Waals surface area contributed by atoms with Gasteiger partial charge >= 0.3 is 0 Å². The van der Waals surface area contributed by atoms with Crippen LogP contribution in [0.4, 0.5) is 10.1 Å². The predicted molar refractivity (Wildman–Crippen MR) is 103 cm³/mol. The largest absolute Gasteiger partial charge is 0.320 e. The minimum atomic E-state index is -0.299. The molecule has 1 amide bonds. The highest BCUT2D eigenvalue weighted by atomic mass is 35.5. The van der Waals surface area contributed by atoms with Crippen molar-refractivity contribution in [2.75, 3.05) is 5.32 Å². The third-order valence-electron chi connectivity index (χ3n) is 4.10. The molecule has 0 bridgehead atoms. The average Bonchev–Trinajstić information content (AvgIpc) is 3.20. The lowest BCUT2D eigenvalue weighted by atomic mass is 10.2. The Morgan fingerprint density at radius 3 is 2.77 bits per heavy atom. The Morgan fingerprint density at radius 2 is 2.00 bits per heavy atom. The van der Waals surface area contributed by atoms with Gasteiger partial charge in [0.1, 0.15) is 11.5 Å². The lowest BCUT2D eigenvalue weighted by Gasteiger charge is -2.08. The highest BCUT2D eigenvalue weighted by molar-refractivity contribution is 7.15. The fourth-order valence-electron chi connectivity index (χ4n) is 2.64. The highest BCUT2D eigenvalue weighted by Crippen LogP contribution is 2.26. The molecule has 0 radical (unpaired) electrons. The second-order valence-electron chi connectivity index (χ2n) is 5.77. The lowest BCUT2D eigenvalue weighted by molar-refractivity contribution is 0.102. The summed E-state index contributed by atoms with van der Waals surface area (Å²) in [6.07, 6.45) is 1.78. The number of imidazole rings is 1. The Balaban J connectivity index is 1.67. The highest BCUT2D eigenvalue weighted by Gasteiger charge is 2.16.